The molecule has 3 fully saturated rings. The topological polar surface area (TPSA) is 18.5 Å². The van der Waals surface area contributed by atoms with Gasteiger partial charge >= 0.3 is 0 Å². The van der Waals surface area contributed by atoms with Crippen LogP contribution in [0, 0.1) is 0 Å². The molecular weight excluding hydrogens is 210 g/mol. The van der Waals surface area contributed by atoms with E-state index in [1.807, 2.05) is 0 Å². The standard InChI is InChI=1S/C14H27N3/c1-2-12-11-15-7-10-17(12)14-6-9-16-8-4-3-5-13(14)16/h12-15H,2-11H2,1H3. The van der Waals surface area contributed by atoms with Crippen molar-refractivity contribution in [3.63, 3.8) is 0 Å². The van der Waals surface area contributed by atoms with Crippen molar-refractivity contribution in [2.45, 2.75) is 57.2 Å². The molecule has 3 heterocycles. The lowest BCUT2D eigenvalue weighted by Crippen LogP contribution is -2.58. The van der Waals surface area contributed by atoms with Crippen LogP contribution in [0.4, 0.5) is 0 Å². The lowest BCUT2D eigenvalue weighted by Gasteiger charge is -2.44. The Bertz CT molecular complexity index is 256. The zero-order valence-corrected chi connectivity index (χ0v) is 11.2. The Morgan fingerprint density at radius 1 is 1.06 bits per heavy atom. The Hall–Kier alpha value is -0.120. The quantitative estimate of drug-likeness (QED) is 0.781. The van der Waals surface area contributed by atoms with Crippen molar-refractivity contribution in [1.29, 1.82) is 0 Å². The first kappa shape index (κ1) is 11.9. The lowest BCUT2D eigenvalue weighted by molar-refractivity contribution is 0.0634. The summed E-state index contributed by atoms with van der Waals surface area (Å²) in [5.41, 5.74) is 0. The maximum atomic E-state index is 3.56. The van der Waals surface area contributed by atoms with Gasteiger partial charge in [0.15, 0.2) is 0 Å². The predicted molar refractivity (Wildman–Crippen MR) is 71.3 cm³/mol. The molecule has 0 aromatic heterocycles. The summed E-state index contributed by atoms with van der Waals surface area (Å²) in [6.07, 6.45) is 7.06. The summed E-state index contributed by atoms with van der Waals surface area (Å²) in [5.74, 6) is 0. The molecule has 3 aliphatic heterocycles. The third kappa shape index (κ3) is 2.25. The molecule has 3 rings (SSSR count). The highest BCUT2D eigenvalue weighted by Crippen LogP contribution is 2.32. The largest absolute Gasteiger partial charge is 0.314 e. The van der Waals surface area contributed by atoms with Gasteiger partial charge in [0.2, 0.25) is 0 Å². The zero-order valence-electron chi connectivity index (χ0n) is 11.2. The highest BCUT2D eigenvalue weighted by molar-refractivity contribution is 4.98. The fourth-order valence-electron chi connectivity index (χ4n) is 4.20. The number of piperidine rings is 1. The highest BCUT2D eigenvalue weighted by atomic mass is 15.3. The zero-order chi connectivity index (χ0) is 11.7. The van der Waals surface area contributed by atoms with E-state index in [2.05, 4.69) is 22.0 Å². The van der Waals surface area contributed by atoms with E-state index in [0.29, 0.717) is 0 Å². The second kappa shape index (κ2) is 5.25. The summed E-state index contributed by atoms with van der Waals surface area (Å²) >= 11 is 0. The molecule has 3 aliphatic rings. The molecule has 0 aliphatic carbocycles. The molecule has 3 nitrogen and oxygen atoms in total. The van der Waals surface area contributed by atoms with Gasteiger partial charge in [0.1, 0.15) is 0 Å². The van der Waals surface area contributed by atoms with Crippen LogP contribution in [0.1, 0.15) is 39.0 Å². The van der Waals surface area contributed by atoms with E-state index >= 15 is 0 Å². The van der Waals surface area contributed by atoms with Crippen LogP contribution >= 0.6 is 0 Å². The third-order valence-corrected chi connectivity index (χ3v) is 5.11. The van der Waals surface area contributed by atoms with Crippen molar-refractivity contribution < 1.29 is 0 Å². The maximum Gasteiger partial charge on any atom is 0.0267 e. The molecule has 0 spiro atoms. The van der Waals surface area contributed by atoms with Crippen molar-refractivity contribution >= 4 is 0 Å². The van der Waals surface area contributed by atoms with Crippen molar-refractivity contribution in [3.05, 3.63) is 0 Å². The van der Waals surface area contributed by atoms with E-state index < -0.39 is 0 Å². The number of nitrogens with one attached hydrogen (secondary N) is 1. The minimum Gasteiger partial charge on any atom is -0.314 e. The van der Waals surface area contributed by atoms with E-state index in [-0.39, 0.29) is 0 Å². The van der Waals surface area contributed by atoms with Gasteiger partial charge in [-0.3, -0.25) is 9.80 Å². The Kier molecular flexibility index (Phi) is 3.69. The van der Waals surface area contributed by atoms with Gasteiger partial charge < -0.3 is 5.32 Å². The van der Waals surface area contributed by atoms with Crippen LogP contribution in [0.3, 0.4) is 0 Å². The Balaban J connectivity index is 1.69. The van der Waals surface area contributed by atoms with Crippen molar-refractivity contribution in [1.82, 2.24) is 15.1 Å². The Morgan fingerprint density at radius 2 is 2.00 bits per heavy atom. The number of hydrogen-bond acceptors (Lipinski definition) is 3. The smallest absolute Gasteiger partial charge is 0.0267 e. The molecule has 0 bridgehead atoms. The molecule has 3 unspecified atom stereocenters. The van der Waals surface area contributed by atoms with E-state index in [1.165, 1.54) is 64.8 Å². The van der Waals surface area contributed by atoms with Gasteiger partial charge in [-0.15, -0.1) is 0 Å². The summed E-state index contributed by atoms with van der Waals surface area (Å²) in [6.45, 7) is 8.74. The Morgan fingerprint density at radius 3 is 2.88 bits per heavy atom. The second-order valence-electron chi connectivity index (χ2n) is 5.96. The van der Waals surface area contributed by atoms with E-state index in [0.717, 1.165) is 18.1 Å². The number of piperazine rings is 1. The first-order valence-corrected chi connectivity index (χ1v) is 7.60. The molecule has 3 heteroatoms. The minimum atomic E-state index is 0.788. The SMILES string of the molecule is CCC1CNCCN1C1CCN2CCCCC12. The van der Waals surface area contributed by atoms with Crippen molar-refractivity contribution in [2.75, 3.05) is 32.7 Å². The first-order chi connectivity index (χ1) is 8.40. The molecular formula is C14H27N3. The van der Waals surface area contributed by atoms with Crippen LogP contribution in [-0.2, 0) is 0 Å². The first-order valence-electron chi connectivity index (χ1n) is 7.60. The molecule has 0 amide bonds. The molecule has 0 saturated carbocycles. The summed E-state index contributed by atoms with van der Waals surface area (Å²) in [4.78, 5) is 5.61. The van der Waals surface area contributed by atoms with Gasteiger partial charge in [-0.2, -0.15) is 0 Å². The van der Waals surface area contributed by atoms with Gasteiger partial charge in [0.25, 0.3) is 0 Å². The molecule has 0 radical (unpaired) electrons. The average molecular weight is 237 g/mol. The molecule has 17 heavy (non-hydrogen) atoms. The summed E-state index contributed by atoms with van der Waals surface area (Å²) in [5, 5.41) is 3.56. The molecule has 3 saturated heterocycles. The summed E-state index contributed by atoms with van der Waals surface area (Å²) in [6, 6.07) is 2.54. The second-order valence-corrected chi connectivity index (χ2v) is 5.96. The summed E-state index contributed by atoms with van der Waals surface area (Å²) < 4.78 is 0. The Labute approximate surface area is 106 Å². The molecule has 98 valence electrons. The summed E-state index contributed by atoms with van der Waals surface area (Å²) in [7, 11) is 0. The van der Waals surface area contributed by atoms with Gasteiger partial charge in [0.05, 0.1) is 0 Å². The van der Waals surface area contributed by atoms with E-state index in [4.69, 9.17) is 0 Å². The fraction of sp³-hybridized carbons (Fsp3) is 1.00. The van der Waals surface area contributed by atoms with Gasteiger partial charge in [-0.05, 0) is 32.2 Å². The minimum absolute atomic E-state index is 0.788. The number of nitrogens with zero attached hydrogens (tertiary/aromatic N) is 2. The van der Waals surface area contributed by atoms with Crippen LogP contribution in [0.2, 0.25) is 0 Å². The highest BCUT2D eigenvalue weighted by Gasteiger charge is 2.40. The normalized spacial score (nSPS) is 40.4. The van der Waals surface area contributed by atoms with Gasteiger partial charge in [-0.1, -0.05) is 13.3 Å². The fourth-order valence-corrected chi connectivity index (χ4v) is 4.20. The van der Waals surface area contributed by atoms with Gasteiger partial charge in [-0.25, -0.2) is 0 Å². The lowest BCUT2D eigenvalue weighted by atomic mass is 9.95. The maximum absolute atomic E-state index is 3.56. The van der Waals surface area contributed by atoms with Crippen LogP contribution in [0.15, 0.2) is 0 Å². The number of rotatable bonds is 2. The number of hydrogen-bond donors (Lipinski definition) is 1. The third-order valence-electron chi connectivity index (χ3n) is 5.11. The van der Waals surface area contributed by atoms with E-state index in [9.17, 15) is 0 Å². The van der Waals surface area contributed by atoms with Crippen LogP contribution in [0.25, 0.3) is 0 Å². The average Bonchev–Trinajstić information content (AvgIpc) is 2.82. The van der Waals surface area contributed by atoms with Crippen LogP contribution in [0.5, 0.6) is 0 Å². The van der Waals surface area contributed by atoms with Gasteiger partial charge in [0, 0.05) is 44.3 Å². The predicted octanol–water partition coefficient (Wildman–Crippen LogP) is 1.30. The van der Waals surface area contributed by atoms with Crippen LogP contribution < -0.4 is 5.32 Å². The molecule has 3 atom stereocenters. The molecule has 0 aromatic rings. The number of fused-ring (bicyclic) bond motifs is 1. The molecule has 0 aromatic carbocycles. The monoisotopic (exact) mass is 237 g/mol. The van der Waals surface area contributed by atoms with Crippen LogP contribution in [-0.4, -0.2) is 60.6 Å². The van der Waals surface area contributed by atoms with Crippen molar-refractivity contribution in [2.24, 2.45) is 0 Å². The van der Waals surface area contributed by atoms with E-state index in [1.54, 1.807) is 0 Å². The molecule has 1 N–H and O–H groups in total. The van der Waals surface area contributed by atoms with Crippen molar-refractivity contribution in [3.8, 4) is 0 Å².